The molecule has 0 aliphatic rings. The van der Waals surface area contributed by atoms with Crippen LogP contribution in [0.2, 0.25) is 5.15 Å². The Hall–Kier alpha value is -3.40. The number of aliphatic hydroxyl groups excluding tert-OH is 1. The Kier molecular flexibility index (Phi) is 8.02. The molecular weight excluding hydrogens is 500 g/mol. The zero-order valence-electron chi connectivity index (χ0n) is 18.7. The zero-order chi connectivity index (χ0) is 24.8. The fraction of sp³-hybridized carbons (Fsp3) is 0.154. The Morgan fingerprint density at radius 2 is 1.89 bits per heavy atom. The molecule has 0 amide bonds. The Morgan fingerprint density at radius 1 is 1.17 bits per heavy atom. The van der Waals surface area contributed by atoms with Crippen molar-refractivity contribution in [2.75, 3.05) is 13.2 Å². The zero-order valence-corrected chi connectivity index (χ0v) is 21.0. The van der Waals surface area contributed by atoms with E-state index < -0.39 is 0 Å². The fourth-order valence-corrected chi connectivity index (χ4v) is 5.54. The lowest BCUT2D eigenvalue weighted by Gasteiger charge is -2.13. The number of benzene rings is 2. The van der Waals surface area contributed by atoms with Gasteiger partial charge >= 0.3 is 0 Å². The minimum absolute atomic E-state index is 0.0572. The van der Waals surface area contributed by atoms with Crippen LogP contribution in [0.3, 0.4) is 0 Å². The average molecular weight is 519 g/mol. The summed E-state index contributed by atoms with van der Waals surface area (Å²) in [7, 11) is 0. The Morgan fingerprint density at radius 3 is 2.54 bits per heavy atom. The average Bonchev–Trinajstić information content (AvgIpc) is 3.35. The molecule has 2 aromatic heterocycles. The number of aromatic nitrogens is 2. The SMILES string of the molecule is [C-]#[N+]c1c(Cl)nc(SCc2cnc(-c3ccc(C)cc3)s2)c(C#N)c1-c1ccc(OCCO)cc1. The van der Waals surface area contributed by atoms with E-state index >= 15 is 0 Å². The summed E-state index contributed by atoms with van der Waals surface area (Å²) in [6, 6.07) is 17.4. The molecule has 4 aromatic rings. The lowest BCUT2D eigenvalue weighted by Crippen LogP contribution is -2.01. The van der Waals surface area contributed by atoms with Crippen LogP contribution in [0, 0.1) is 24.8 Å². The van der Waals surface area contributed by atoms with E-state index in [0.717, 1.165) is 15.4 Å². The number of thioether (sulfide) groups is 1. The highest BCUT2D eigenvalue weighted by molar-refractivity contribution is 7.98. The molecule has 4 rings (SSSR count). The molecule has 0 unspecified atom stereocenters. The Balaban J connectivity index is 1.63. The van der Waals surface area contributed by atoms with Gasteiger partial charge in [0.05, 0.1) is 18.7 Å². The van der Waals surface area contributed by atoms with Gasteiger partial charge in [-0.05, 0) is 24.6 Å². The minimum atomic E-state index is -0.0883. The standard InChI is InChI=1S/C26H19ClN4O2S2/c1-16-3-5-18(6-4-16)25-30-14-20(35-25)15-34-26-21(13-28)22(23(29-2)24(27)31-26)17-7-9-19(10-8-17)33-12-11-32/h3-10,14,32H,11-12,15H2,1H3. The molecule has 9 heteroatoms. The highest BCUT2D eigenvalue weighted by atomic mass is 35.5. The molecule has 1 N–H and O–H groups in total. The van der Waals surface area contributed by atoms with Crippen LogP contribution in [0.4, 0.5) is 5.69 Å². The molecule has 0 fully saturated rings. The largest absolute Gasteiger partial charge is 0.491 e. The normalized spacial score (nSPS) is 10.5. The number of pyridine rings is 1. The highest BCUT2D eigenvalue weighted by Crippen LogP contribution is 2.43. The summed E-state index contributed by atoms with van der Waals surface area (Å²) in [5, 5.41) is 20.4. The number of nitrogens with zero attached hydrogens (tertiary/aromatic N) is 4. The minimum Gasteiger partial charge on any atom is -0.491 e. The number of aryl methyl sites for hydroxylation is 1. The van der Waals surface area contributed by atoms with E-state index in [1.54, 1.807) is 35.6 Å². The van der Waals surface area contributed by atoms with E-state index in [4.69, 9.17) is 28.0 Å². The van der Waals surface area contributed by atoms with E-state index in [1.807, 2.05) is 13.1 Å². The summed E-state index contributed by atoms with van der Waals surface area (Å²) in [6.45, 7) is 9.75. The topological polar surface area (TPSA) is 83.4 Å². The van der Waals surface area contributed by atoms with Crippen molar-refractivity contribution in [1.29, 1.82) is 5.26 Å². The predicted octanol–water partition coefficient (Wildman–Crippen LogP) is 6.92. The van der Waals surface area contributed by atoms with Crippen molar-refractivity contribution in [1.82, 2.24) is 9.97 Å². The molecule has 2 heterocycles. The van der Waals surface area contributed by atoms with Crippen LogP contribution in [-0.4, -0.2) is 28.3 Å². The van der Waals surface area contributed by atoms with E-state index in [2.05, 4.69) is 45.1 Å². The predicted molar refractivity (Wildman–Crippen MR) is 140 cm³/mol. The summed E-state index contributed by atoms with van der Waals surface area (Å²) in [5.41, 5.74) is 3.80. The second-order valence-corrected chi connectivity index (χ2v) is 9.85. The summed E-state index contributed by atoms with van der Waals surface area (Å²) in [5.74, 6) is 1.14. The first kappa shape index (κ1) is 24.7. The summed E-state index contributed by atoms with van der Waals surface area (Å²) in [6.07, 6.45) is 1.83. The maximum absolute atomic E-state index is 10.0. The van der Waals surface area contributed by atoms with Gasteiger partial charge in [-0.15, -0.1) is 11.3 Å². The van der Waals surface area contributed by atoms with Crippen LogP contribution in [0.25, 0.3) is 26.5 Å². The van der Waals surface area contributed by atoms with Crippen molar-refractivity contribution in [2.24, 2.45) is 0 Å². The smallest absolute Gasteiger partial charge is 0.232 e. The van der Waals surface area contributed by atoms with Gasteiger partial charge in [0, 0.05) is 28.0 Å². The van der Waals surface area contributed by atoms with Gasteiger partial charge in [0.2, 0.25) is 5.69 Å². The number of hydrogen-bond acceptors (Lipinski definition) is 7. The summed E-state index contributed by atoms with van der Waals surface area (Å²) in [4.78, 5) is 13.5. The number of hydrogen-bond donors (Lipinski definition) is 1. The van der Waals surface area contributed by atoms with E-state index in [0.29, 0.717) is 33.2 Å². The molecule has 6 nitrogen and oxygen atoms in total. The summed E-state index contributed by atoms with van der Waals surface area (Å²) >= 11 is 9.36. The fourth-order valence-electron chi connectivity index (χ4n) is 3.34. The van der Waals surface area contributed by atoms with Crippen LogP contribution < -0.4 is 4.74 Å². The van der Waals surface area contributed by atoms with Gasteiger partial charge in [0.25, 0.3) is 0 Å². The molecule has 0 saturated heterocycles. The van der Waals surface area contributed by atoms with E-state index in [9.17, 15) is 5.26 Å². The number of rotatable bonds is 8. The molecule has 35 heavy (non-hydrogen) atoms. The lowest BCUT2D eigenvalue weighted by molar-refractivity contribution is 0.201. The van der Waals surface area contributed by atoms with Crippen LogP contribution in [-0.2, 0) is 5.75 Å². The third-order valence-corrected chi connectivity index (χ3v) is 7.54. The number of nitriles is 1. The van der Waals surface area contributed by atoms with Gasteiger partial charge < -0.3 is 9.84 Å². The number of ether oxygens (including phenoxy) is 1. The molecule has 0 atom stereocenters. The van der Waals surface area contributed by atoms with Crippen LogP contribution >= 0.6 is 34.7 Å². The van der Waals surface area contributed by atoms with Gasteiger partial charge in [-0.25, -0.2) is 14.8 Å². The van der Waals surface area contributed by atoms with Crippen LogP contribution in [0.1, 0.15) is 16.0 Å². The first-order valence-electron chi connectivity index (χ1n) is 10.5. The number of halogens is 1. The second kappa shape index (κ2) is 11.4. The lowest BCUT2D eigenvalue weighted by atomic mass is 10.0. The third-order valence-electron chi connectivity index (χ3n) is 5.03. The van der Waals surface area contributed by atoms with Gasteiger partial charge in [-0.2, -0.15) is 5.26 Å². The third kappa shape index (κ3) is 5.64. The number of aliphatic hydroxyl groups is 1. The first-order valence-corrected chi connectivity index (χ1v) is 12.7. The van der Waals surface area contributed by atoms with Crippen LogP contribution in [0.5, 0.6) is 5.75 Å². The quantitative estimate of drug-likeness (QED) is 0.155. The monoisotopic (exact) mass is 518 g/mol. The van der Waals surface area contributed by atoms with Crippen molar-refractivity contribution < 1.29 is 9.84 Å². The van der Waals surface area contributed by atoms with E-state index in [1.165, 1.54) is 17.3 Å². The maximum atomic E-state index is 10.0. The molecule has 0 saturated carbocycles. The molecule has 174 valence electrons. The van der Waals surface area contributed by atoms with Crippen molar-refractivity contribution in [3.05, 3.63) is 87.3 Å². The summed E-state index contributed by atoms with van der Waals surface area (Å²) < 4.78 is 5.41. The Bertz CT molecular complexity index is 1420. The highest BCUT2D eigenvalue weighted by Gasteiger charge is 2.21. The molecule has 0 spiro atoms. The number of thiazole rings is 1. The Labute approximate surface area is 216 Å². The second-order valence-electron chi connectivity index (χ2n) is 7.41. The molecule has 0 radical (unpaired) electrons. The molecule has 0 aliphatic carbocycles. The molecule has 2 aromatic carbocycles. The molecule has 0 bridgehead atoms. The van der Waals surface area contributed by atoms with Gasteiger partial charge in [-0.1, -0.05) is 65.3 Å². The van der Waals surface area contributed by atoms with Gasteiger partial charge in [-0.3, -0.25) is 0 Å². The van der Waals surface area contributed by atoms with Crippen molar-refractivity contribution in [3.63, 3.8) is 0 Å². The van der Waals surface area contributed by atoms with Crippen molar-refractivity contribution in [3.8, 4) is 33.5 Å². The van der Waals surface area contributed by atoms with Crippen LogP contribution in [0.15, 0.2) is 59.8 Å². The molecule has 0 aliphatic heterocycles. The van der Waals surface area contributed by atoms with E-state index in [-0.39, 0.29) is 24.1 Å². The maximum Gasteiger partial charge on any atom is 0.232 e. The van der Waals surface area contributed by atoms with Gasteiger partial charge in [0.1, 0.15) is 33.6 Å². The van der Waals surface area contributed by atoms with Gasteiger partial charge in [0.15, 0.2) is 0 Å². The molecular formula is C26H19ClN4O2S2. The van der Waals surface area contributed by atoms with Crippen molar-refractivity contribution >= 4 is 40.4 Å². The van der Waals surface area contributed by atoms with Crippen molar-refractivity contribution in [2.45, 2.75) is 17.7 Å². The first-order chi connectivity index (χ1) is 17.0.